The van der Waals surface area contributed by atoms with Crippen molar-refractivity contribution in [3.8, 4) is 0 Å². The molecule has 4 nitrogen and oxygen atoms in total. The van der Waals surface area contributed by atoms with E-state index in [1.54, 1.807) is 0 Å². The van der Waals surface area contributed by atoms with Crippen molar-refractivity contribution in [2.45, 2.75) is 24.8 Å². The average Bonchev–Trinajstić information content (AvgIpc) is 2.96. The van der Waals surface area contributed by atoms with E-state index in [1.807, 2.05) is 0 Å². The summed E-state index contributed by atoms with van der Waals surface area (Å²) in [6.07, 6.45) is -1.89. The maximum Gasteiger partial charge on any atom is 0.356 e. The van der Waals surface area contributed by atoms with Crippen molar-refractivity contribution in [2.75, 3.05) is 7.11 Å². The number of esters is 1. The Balaban J connectivity index is 2.45. The fourth-order valence-electron chi connectivity index (χ4n) is 1.59. The summed E-state index contributed by atoms with van der Waals surface area (Å²) in [5, 5.41) is 3.89. The quantitative estimate of drug-likeness (QED) is 0.803. The van der Waals surface area contributed by atoms with Gasteiger partial charge in [0.1, 0.15) is 15.8 Å². The van der Waals surface area contributed by atoms with Crippen molar-refractivity contribution in [1.29, 1.82) is 0 Å². The van der Waals surface area contributed by atoms with Gasteiger partial charge in [-0.2, -0.15) is 5.10 Å². The number of aromatic nitrogens is 2. The first-order valence-corrected chi connectivity index (χ1v) is 5.43. The van der Waals surface area contributed by atoms with Gasteiger partial charge in [-0.25, -0.2) is 18.3 Å². The molecule has 0 aliphatic heterocycles. The monoisotopic (exact) mass is 294 g/mol. The van der Waals surface area contributed by atoms with Crippen LogP contribution < -0.4 is 0 Å². The SMILES string of the molecule is COC(=O)c1cc(Br)nn1C1(C(F)F)CC1. The van der Waals surface area contributed by atoms with Gasteiger partial charge in [0.25, 0.3) is 6.43 Å². The average molecular weight is 295 g/mol. The predicted octanol–water partition coefficient (Wildman–Crippen LogP) is 2.19. The zero-order valence-corrected chi connectivity index (χ0v) is 10.00. The van der Waals surface area contributed by atoms with Crippen LogP contribution in [0.2, 0.25) is 0 Å². The highest BCUT2D eigenvalue weighted by Gasteiger charge is 2.55. The second-order valence-electron chi connectivity index (χ2n) is 3.66. The molecule has 1 aliphatic rings. The highest BCUT2D eigenvalue weighted by molar-refractivity contribution is 9.10. The molecular formula is C9H9BrF2N2O2. The Morgan fingerprint density at radius 2 is 2.31 bits per heavy atom. The Labute approximate surface area is 98.7 Å². The number of rotatable bonds is 3. The molecule has 1 fully saturated rings. The molecule has 1 heterocycles. The molecule has 7 heteroatoms. The molecule has 0 bridgehead atoms. The van der Waals surface area contributed by atoms with Gasteiger partial charge in [-0.15, -0.1) is 0 Å². The number of hydrogen-bond donors (Lipinski definition) is 0. The molecule has 1 aromatic rings. The van der Waals surface area contributed by atoms with Crippen LogP contribution >= 0.6 is 15.9 Å². The van der Waals surface area contributed by atoms with Crippen molar-refractivity contribution in [3.63, 3.8) is 0 Å². The summed E-state index contributed by atoms with van der Waals surface area (Å²) in [5.41, 5.74) is -1.28. The number of carbonyl (C=O) groups excluding carboxylic acids is 1. The van der Waals surface area contributed by atoms with Gasteiger partial charge in [0.15, 0.2) is 0 Å². The van der Waals surface area contributed by atoms with Gasteiger partial charge >= 0.3 is 5.97 Å². The minimum atomic E-state index is -2.54. The van der Waals surface area contributed by atoms with Gasteiger partial charge in [-0.05, 0) is 28.8 Å². The van der Waals surface area contributed by atoms with Crippen molar-refractivity contribution >= 4 is 21.9 Å². The molecule has 0 atom stereocenters. The zero-order chi connectivity index (χ0) is 11.9. The van der Waals surface area contributed by atoms with Crippen molar-refractivity contribution in [3.05, 3.63) is 16.4 Å². The lowest BCUT2D eigenvalue weighted by Gasteiger charge is -2.16. The summed E-state index contributed by atoms with van der Waals surface area (Å²) < 4.78 is 31.7. The van der Waals surface area contributed by atoms with Crippen LogP contribution in [0.1, 0.15) is 23.3 Å². The van der Waals surface area contributed by atoms with Gasteiger partial charge in [-0.3, -0.25) is 0 Å². The lowest BCUT2D eigenvalue weighted by atomic mass is 10.2. The summed E-state index contributed by atoms with van der Waals surface area (Å²) in [5.74, 6) is -0.662. The van der Waals surface area contributed by atoms with Gasteiger partial charge < -0.3 is 4.74 Å². The van der Waals surface area contributed by atoms with E-state index in [2.05, 4.69) is 25.8 Å². The van der Waals surface area contributed by atoms with E-state index in [1.165, 1.54) is 13.2 Å². The van der Waals surface area contributed by atoms with E-state index >= 15 is 0 Å². The molecule has 0 saturated heterocycles. The molecule has 1 aliphatic carbocycles. The van der Waals surface area contributed by atoms with Gasteiger partial charge in [-0.1, -0.05) is 0 Å². The van der Waals surface area contributed by atoms with Crippen molar-refractivity contribution in [2.24, 2.45) is 0 Å². The second-order valence-corrected chi connectivity index (χ2v) is 4.47. The highest BCUT2D eigenvalue weighted by atomic mass is 79.9. The van der Waals surface area contributed by atoms with Gasteiger partial charge in [0.2, 0.25) is 0 Å². The second kappa shape index (κ2) is 3.80. The largest absolute Gasteiger partial charge is 0.464 e. The topological polar surface area (TPSA) is 44.1 Å². The van der Waals surface area contributed by atoms with Gasteiger partial charge in [0, 0.05) is 6.07 Å². The molecule has 2 rings (SSSR count). The third kappa shape index (κ3) is 1.63. The fourth-order valence-corrected chi connectivity index (χ4v) is 1.97. The lowest BCUT2D eigenvalue weighted by molar-refractivity contribution is 0.0475. The Morgan fingerprint density at radius 3 is 2.75 bits per heavy atom. The first-order chi connectivity index (χ1) is 7.51. The third-order valence-corrected chi connectivity index (χ3v) is 3.05. The Hall–Kier alpha value is -0.980. The molecule has 0 unspecified atom stereocenters. The van der Waals surface area contributed by atoms with Crippen LogP contribution in [0, 0.1) is 0 Å². The summed E-state index contributed by atoms with van der Waals surface area (Å²) >= 11 is 3.07. The Bertz CT molecular complexity index is 429. The molecule has 1 aromatic heterocycles. The third-order valence-electron chi connectivity index (χ3n) is 2.66. The number of hydrogen-bond acceptors (Lipinski definition) is 3. The summed E-state index contributed by atoms with van der Waals surface area (Å²) in [6.45, 7) is 0. The Kier molecular flexibility index (Phi) is 2.73. The molecular weight excluding hydrogens is 286 g/mol. The van der Waals surface area contributed by atoms with E-state index in [0.717, 1.165) is 4.68 Å². The summed E-state index contributed by atoms with van der Waals surface area (Å²) in [6, 6.07) is 1.38. The van der Waals surface area contributed by atoms with Gasteiger partial charge in [0.05, 0.1) is 7.11 Å². The van der Waals surface area contributed by atoms with E-state index < -0.39 is 17.9 Å². The number of ether oxygens (including phenoxy) is 1. The van der Waals surface area contributed by atoms with Crippen molar-refractivity contribution < 1.29 is 18.3 Å². The predicted molar refractivity (Wildman–Crippen MR) is 54.5 cm³/mol. The standard InChI is InChI=1S/C9H9BrF2N2O2/c1-16-7(15)5-4-6(10)13-14(5)9(2-3-9)8(11)12/h4,8H,2-3H2,1H3. The van der Waals surface area contributed by atoms with E-state index in [0.29, 0.717) is 17.4 Å². The van der Waals surface area contributed by atoms with E-state index in [-0.39, 0.29) is 5.69 Å². The molecule has 0 amide bonds. The molecule has 88 valence electrons. The van der Waals surface area contributed by atoms with Crippen LogP contribution in [-0.2, 0) is 10.3 Å². The van der Waals surface area contributed by atoms with Crippen LogP contribution in [0.15, 0.2) is 10.7 Å². The molecule has 1 saturated carbocycles. The van der Waals surface area contributed by atoms with Crippen LogP contribution in [0.4, 0.5) is 8.78 Å². The first kappa shape index (κ1) is 11.5. The van der Waals surface area contributed by atoms with Crippen LogP contribution in [0.25, 0.3) is 0 Å². The smallest absolute Gasteiger partial charge is 0.356 e. The zero-order valence-electron chi connectivity index (χ0n) is 8.41. The minimum Gasteiger partial charge on any atom is -0.464 e. The molecule has 0 radical (unpaired) electrons. The van der Waals surface area contributed by atoms with E-state index in [9.17, 15) is 13.6 Å². The summed E-state index contributed by atoms with van der Waals surface area (Å²) in [4.78, 5) is 11.4. The number of halogens is 3. The van der Waals surface area contributed by atoms with E-state index in [4.69, 9.17) is 0 Å². The fraction of sp³-hybridized carbons (Fsp3) is 0.556. The van der Waals surface area contributed by atoms with Crippen molar-refractivity contribution in [1.82, 2.24) is 9.78 Å². The number of alkyl halides is 2. The maximum atomic E-state index is 12.9. The summed E-state index contributed by atoms with van der Waals surface area (Å²) in [7, 11) is 1.20. The lowest BCUT2D eigenvalue weighted by Crippen LogP contribution is -2.30. The molecule has 16 heavy (non-hydrogen) atoms. The first-order valence-electron chi connectivity index (χ1n) is 4.64. The molecule has 0 aromatic carbocycles. The minimum absolute atomic E-state index is 0.0483. The highest BCUT2D eigenvalue weighted by Crippen LogP contribution is 2.49. The maximum absolute atomic E-state index is 12.9. The molecule has 0 N–H and O–H groups in total. The number of nitrogens with zero attached hydrogens (tertiary/aromatic N) is 2. The Morgan fingerprint density at radius 1 is 1.69 bits per heavy atom. The molecule has 0 spiro atoms. The normalized spacial score (nSPS) is 17.6. The van der Waals surface area contributed by atoms with Crippen LogP contribution in [0.3, 0.4) is 0 Å². The number of methoxy groups -OCH3 is 1. The van der Waals surface area contributed by atoms with Crippen LogP contribution in [-0.4, -0.2) is 29.3 Å². The number of carbonyl (C=O) groups is 1. The van der Waals surface area contributed by atoms with Crippen LogP contribution in [0.5, 0.6) is 0 Å².